The van der Waals surface area contributed by atoms with Gasteiger partial charge in [-0.15, -0.1) is 0 Å². The lowest BCUT2D eigenvalue weighted by Crippen LogP contribution is -2.62. The van der Waals surface area contributed by atoms with Crippen LogP contribution in [0.1, 0.15) is 13.8 Å². The molecule has 0 unspecified atom stereocenters. The molecule has 1 heterocycles. The van der Waals surface area contributed by atoms with Gasteiger partial charge >= 0.3 is 0 Å². The van der Waals surface area contributed by atoms with Gasteiger partial charge in [-0.3, -0.25) is 9.59 Å². The van der Waals surface area contributed by atoms with Crippen LogP contribution in [0.5, 0.6) is 0 Å². The molecule has 0 bridgehead atoms. The fourth-order valence-corrected chi connectivity index (χ4v) is 1.23. The van der Waals surface area contributed by atoms with Crippen molar-refractivity contribution in [3.8, 4) is 0 Å². The van der Waals surface area contributed by atoms with E-state index in [1.807, 2.05) is 0 Å². The second-order valence-corrected chi connectivity index (χ2v) is 4.52. The van der Waals surface area contributed by atoms with E-state index >= 15 is 0 Å². The minimum absolute atomic E-state index is 0.0686. The molecular formula is C7H12N2O2S. The van der Waals surface area contributed by atoms with Gasteiger partial charge in [0.15, 0.2) is 0 Å². The monoisotopic (exact) mass is 188 g/mol. The molecule has 0 aromatic rings. The topological polar surface area (TPSA) is 58.2 Å². The first-order valence-corrected chi connectivity index (χ1v) is 4.15. The Labute approximate surface area is 76.5 Å². The molecule has 12 heavy (non-hydrogen) atoms. The van der Waals surface area contributed by atoms with Crippen LogP contribution in [0.2, 0.25) is 0 Å². The molecule has 0 aromatic heterocycles. The summed E-state index contributed by atoms with van der Waals surface area (Å²) >= 11 is 4.22. The lowest BCUT2D eigenvalue weighted by atomic mass is 10.0. The number of carbonyl (C=O) groups is 2. The fraction of sp³-hybridized carbons (Fsp3) is 0.714. The summed E-state index contributed by atoms with van der Waals surface area (Å²) in [6.07, 6.45) is 0. The van der Waals surface area contributed by atoms with Gasteiger partial charge in [-0.1, -0.05) is 0 Å². The van der Waals surface area contributed by atoms with Crippen molar-refractivity contribution < 1.29 is 9.59 Å². The Kier molecular flexibility index (Phi) is 2.32. The predicted molar refractivity (Wildman–Crippen MR) is 48.0 cm³/mol. The Hall–Kier alpha value is -0.710. The Morgan fingerprint density at radius 2 is 2.08 bits per heavy atom. The van der Waals surface area contributed by atoms with Gasteiger partial charge in [0.25, 0.3) is 0 Å². The molecule has 1 aliphatic heterocycles. The van der Waals surface area contributed by atoms with Gasteiger partial charge in [0.05, 0.1) is 6.54 Å². The van der Waals surface area contributed by atoms with Gasteiger partial charge in [0, 0.05) is 4.75 Å². The van der Waals surface area contributed by atoms with E-state index in [-0.39, 0.29) is 18.4 Å². The highest BCUT2D eigenvalue weighted by Crippen LogP contribution is 2.18. The molecule has 0 aromatic carbocycles. The van der Waals surface area contributed by atoms with Gasteiger partial charge < -0.3 is 10.6 Å². The maximum atomic E-state index is 11.2. The zero-order valence-electron chi connectivity index (χ0n) is 7.05. The molecule has 2 amide bonds. The average molecular weight is 188 g/mol. The summed E-state index contributed by atoms with van der Waals surface area (Å²) in [6.45, 7) is 3.64. The molecule has 0 spiro atoms. The molecule has 0 saturated carbocycles. The molecule has 0 aliphatic carbocycles. The number of hydrogen-bond donors (Lipinski definition) is 3. The highest BCUT2D eigenvalue weighted by molar-refractivity contribution is 7.81. The number of nitrogens with one attached hydrogen (secondary N) is 2. The van der Waals surface area contributed by atoms with Crippen LogP contribution in [0, 0.1) is 0 Å². The first kappa shape index (κ1) is 9.38. The number of hydrogen-bond acceptors (Lipinski definition) is 3. The predicted octanol–water partition coefficient (Wildman–Crippen LogP) is -0.691. The highest BCUT2D eigenvalue weighted by atomic mass is 32.1. The highest BCUT2D eigenvalue weighted by Gasteiger charge is 2.36. The Balaban J connectivity index is 2.74. The second kappa shape index (κ2) is 2.97. The van der Waals surface area contributed by atoms with E-state index in [2.05, 4.69) is 23.3 Å². The van der Waals surface area contributed by atoms with Gasteiger partial charge in [0.1, 0.15) is 6.04 Å². The maximum Gasteiger partial charge on any atom is 0.244 e. The molecule has 4 nitrogen and oxygen atoms in total. The van der Waals surface area contributed by atoms with E-state index in [1.54, 1.807) is 13.8 Å². The number of rotatable bonds is 1. The maximum absolute atomic E-state index is 11.2. The van der Waals surface area contributed by atoms with Gasteiger partial charge in [-0.25, -0.2) is 0 Å². The van der Waals surface area contributed by atoms with Crippen LogP contribution < -0.4 is 10.6 Å². The van der Waals surface area contributed by atoms with Crippen molar-refractivity contribution in [3.63, 3.8) is 0 Å². The van der Waals surface area contributed by atoms with Gasteiger partial charge in [0.2, 0.25) is 11.8 Å². The smallest absolute Gasteiger partial charge is 0.244 e. The molecule has 1 fully saturated rings. The largest absolute Gasteiger partial charge is 0.345 e. The number of thiol groups is 1. The molecule has 1 atom stereocenters. The summed E-state index contributed by atoms with van der Waals surface area (Å²) in [6, 6.07) is -0.540. The van der Waals surface area contributed by atoms with E-state index in [4.69, 9.17) is 0 Å². The van der Waals surface area contributed by atoms with Crippen molar-refractivity contribution in [3.05, 3.63) is 0 Å². The second-order valence-electron chi connectivity index (χ2n) is 3.37. The van der Waals surface area contributed by atoms with Crippen molar-refractivity contribution in [1.29, 1.82) is 0 Å². The van der Waals surface area contributed by atoms with E-state index in [9.17, 15) is 9.59 Å². The standard InChI is InChI=1S/C7H12N2O2S/c1-7(2,12)5-6(11)8-3-4(10)9-5/h5,12H,3H2,1-2H3,(H,8,11)(H,9,10)/t5-/m0/s1. The first-order valence-electron chi connectivity index (χ1n) is 3.70. The minimum Gasteiger partial charge on any atom is -0.345 e. The summed E-state index contributed by atoms with van der Waals surface area (Å²) in [5.41, 5.74) is 0. The third-order valence-corrected chi connectivity index (χ3v) is 1.96. The zero-order valence-corrected chi connectivity index (χ0v) is 7.94. The Bertz CT molecular complexity index is 222. The normalized spacial score (nSPS) is 24.8. The molecule has 2 N–H and O–H groups in total. The van der Waals surface area contributed by atoms with Crippen molar-refractivity contribution in [2.24, 2.45) is 0 Å². The van der Waals surface area contributed by atoms with E-state index in [1.165, 1.54) is 0 Å². The average Bonchev–Trinajstić information content (AvgIpc) is 1.92. The minimum atomic E-state index is -0.540. The van der Waals surface area contributed by atoms with E-state index < -0.39 is 10.8 Å². The van der Waals surface area contributed by atoms with E-state index in [0.717, 1.165) is 0 Å². The lowest BCUT2D eigenvalue weighted by molar-refractivity contribution is -0.134. The molecule has 5 heteroatoms. The quantitative estimate of drug-likeness (QED) is 0.477. The summed E-state index contributed by atoms with van der Waals surface area (Å²) in [7, 11) is 0. The van der Waals surface area contributed by atoms with Crippen LogP contribution in [0.25, 0.3) is 0 Å². The fourth-order valence-electron chi connectivity index (χ4n) is 1.04. The molecule has 1 rings (SSSR count). The Morgan fingerprint density at radius 3 is 2.50 bits per heavy atom. The van der Waals surface area contributed by atoms with Crippen LogP contribution in [-0.2, 0) is 9.59 Å². The molecule has 0 radical (unpaired) electrons. The number of amides is 2. The van der Waals surface area contributed by atoms with Crippen molar-refractivity contribution in [2.45, 2.75) is 24.6 Å². The number of piperazine rings is 1. The van der Waals surface area contributed by atoms with Crippen molar-refractivity contribution >= 4 is 24.4 Å². The third-order valence-electron chi connectivity index (χ3n) is 1.70. The number of carbonyl (C=O) groups excluding carboxylic acids is 2. The molecule has 1 saturated heterocycles. The summed E-state index contributed by atoms with van der Waals surface area (Å²) < 4.78 is -0.528. The zero-order chi connectivity index (χ0) is 9.35. The van der Waals surface area contributed by atoms with Crippen LogP contribution in [0.3, 0.4) is 0 Å². The van der Waals surface area contributed by atoms with Gasteiger partial charge in [-0.05, 0) is 13.8 Å². The lowest BCUT2D eigenvalue weighted by Gasteiger charge is -2.32. The first-order chi connectivity index (χ1) is 5.41. The third kappa shape index (κ3) is 1.91. The molecule has 68 valence electrons. The van der Waals surface area contributed by atoms with Crippen LogP contribution in [-0.4, -0.2) is 29.1 Å². The van der Waals surface area contributed by atoms with Crippen LogP contribution in [0.15, 0.2) is 0 Å². The van der Waals surface area contributed by atoms with Crippen molar-refractivity contribution in [1.82, 2.24) is 10.6 Å². The Morgan fingerprint density at radius 1 is 1.50 bits per heavy atom. The molecular weight excluding hydrogens is 176 g/mol. The van der Waals surface area contributed by atoms with Crippen LogP contribution in [0.4, 0.5) is 0 Å². The SMILES string of the molecule is CC(C)(S)[C@H]1NC(=O)CNC1=O. The van der Waals surface area contributed by atoms with Gasteiger partial charge in [-0.2, -0.15) is 12.6 Å². The summed E-state index contributed by atoms with van der Waals surface area (Å²) in [4.78, 5) is 22.1. The van der Waals surface area contributed by atoms with Crippen molar-refractivity contribution in [2.75, 3.05) is 6.54 Å². The van der Waals surface area contributed by atoms with Crippen LogP contribution >= 0.6 is 12.6 Å². The molecule has 1 aliphatic rings. The van der Waals surface area contributed by atoms with E-state index in [0.29, 0.717) is 0 Å². The summed E-state index contributed by atoms with van der Waals surface area (Å²) in [5, 5.41) is 5.07. The summed E-state index contributed by atoms with van der Waals surface area (Å²) in [5.74, 6) is -0.337.